The summed E-state index contributed by atoms with van der Waals surface area (Å²) in [6.07, 6.45) is 9.51. The maximum Gasteiger partial charge on any atom is 0.338 e. The van der Waals surface area contributed by atoms with Crippen molar-refractivity contribution in [2.75, 3.05) is 33.8 Å². The largest absolute Gasteiger partial charge is 0.462 e. The zero-order valence-electron chi connectivity index (χ0n) is 18.2. The Balaban J connectivity index is 0. The molecule has 1 aromatic carbocycles. The number of likely N-dealkylation sites (N-methyl/N-ethyl adjacent to an activating group) is 1. The molecule has 0 radical (unpaired) electrons. The summed E-state index contributed by atoms with van der Waals surface area (Å²) in [7, 11) is 3.95. The van der Waals surface area contributed by atoms with E-state index in [0.29, 0.717) is 12.2 Å². The number of carbonyl (C=O) groups excluding carboxylic acids is 2. The van der Waals surface area contributed by atoms with Gasteiger partial charge in [-0.15, -0.1) is 0 Å². The molecule has 5 nitrogen and oxygen atoms in total. The van der Waals surface area contributed by atoms with Crippen molar-refractivity contribution < 1.29 is 14.3 Å². The highest BCUT2D eigenvalue weighted by atomic mass is 16.5. The van der Waals surface area contributed by atoms with E-state index in [1.54, 1.807) is 19.1 Å². The molecule has 0 fully saturated rings. The van der Waals surface area contributed by atoms with Crippen molar-refractivity contribution in [3.8, 4) is 0 Å². The summed E-state index contributed by atoms with van der Waals surface area (Å²) in [5, 5.41) is 2.70. The Morgan fingerprint density at radius 2 is 1.89 bits per heavy atom. The van der Waals surface area contributed by atoms with Gasteiger partial charge in [-0.3, -0.25) is 4.79 Å². The van der Waals surface area contributed by atoms with Crippen LogP contribution in [0.1, 0.15) is 36.7 Å². The van der Waals surface area contributed by atoms with Crippen molar-refractivity contribution in [1.82, 2.24) is 10.2 Å². The predicted octanol–water partition coefficient (Wildman–Crippen LogP) is 4.16. The van der Waals surface area contributed by atoms with Gasteiger partial charge >= 0.3 is 5.97 Å². The molecule has 156 valence electrons. The van der Waals surface area contributed by atoms with E-state index in [0.717, 1.165) is 18.7 Å². The van der Waals surface area contributed by atoms with Crippen LogP contribution in [0.15, 0.2) is 61.2 Å². The first kappa shape index (κ1) is 27.6. The van der Waals surface area contributed by atoms with E-state index in [1.807, 2.05) is 75.3 Å². The van der Waals surface area contributed by atoms with Gasteiger partial charge in [0.15, 0.2) is 0 Å². The first-order chi connectivity index (χ1) is 13.3. The molecule has 28 heavy (non-hydrogen) atoms. The maximum atomic E-state index is 11.2. The van der Waals surface area contributed by atoms with E-state index in [1.165, 1.54) is 6.92 Å². The van der Waals surface area contributed by atoms with Crippen LogP contribution >= 0.6 is 0 Å². The van der Waals surface area contributed by atoms with Crippen molar-refractivity contribution in [2.24, 2.45) is 0 Å². The fourth-order valence-electron chi connectivity index (χ4n) is 1.70. The lowest BCUT2D eigenvalue weighted by atomic mass is 10.1. The highest BCUT2D eigenvalue weighted by Gasteiger charge is 2.04. The quantitative estimate of drug-likeness (QED) is 0.563. The molecule has 0 spiro atoms. The number of amides is 1. The Morgan fingerprint density at radius 3 is 2.36 bits per heavy atom. The lowest BCUT2D eigenvalue weighted by molar-refractivity contribution is -0.118. The molecule has 0 saturated heterocycles. The number of ether oxygens (including phenoxy) is 1. The number of nitrogens with zero attached hydrogens (tertiary/aromatic N) is 1. The summed E-state index contributed by atoms with van der Waals surface area (Å²) in [5.41, 5.74) is 1.69. The molecule has 0 aliphatic rings. The molecule has 0 bridgehead atoms. The van der Waals surface area contributed by atoms with Gasteiger partial charge in [-0.1, -0.05) is 54.7 Å². The third kappa shape index (κ3) is 19.7. The van der Waals surface area contributed by atoms with Crippen LogP contribution in [0.2, 0.25) is 0 Å². The fourth-order valence-corrected chi connectivity index (χ4v) is 1.70. The van der Waals surface area contributed by atoms with Crippen LogP contribution in [-0.4, -0.2) is 50.6 Å². The van der Waals surface area contributed by atoms with Crippen molar-refractivity contribution >= 4 is 11.9 Å². The van der Waals surface area contributed by atoms with Crippen molar-refractivity contribution in [1.29, 1.82) is 0 Å². The molecule has 5 heteroatoms. The van der Waals surface area contributed by atoms with Gasteiger partial charge in [-0.25, -0.2) is 4.79 Å². The highest BCUT2D eigenvalue weighted by molar-refractivity contribution is 5.89. The molecular formula is C23H36N2O3. The van der Waals surface area contributed by atoms with Crippen LogP contribution in [0.3, 0.4) is 0 Å². The molecule has 0 aromatic heterocycles. The Kier molecular flexibility index (Phi) is 18.8. The first-order valence-electron chi connectivity index (χ1n) is 9.31. The van der Waals surface area contributed by atoms with Crippen LogP contribution in [0, 0.1) is 6.92 Å². The Bertz CT molecular complexity index is 620. The number of allylic oxidation sites excluding steroid dienone is 5. The minimum atomic E-state index is -0.249. The second kappa shape index (κ2) is 19.1. The fraction of sp³-hybridized carbons (Fsp3) is 0.391. The molecule has 0 unspecified atom stereocenters. The van der Waals surface area contributed by atoms with Gasteiger partial charge < -0.3 is 15.0 Å². The summed E-state index contributed by atoms with van der Waals surface area (Å²) in [5.74, 6) is -0.210. The standard InChI is InChI=1S/C10H12O2.C7H10.C6H14N2O/c1-3-12-10(11)9-6-4-5-8(2)7-9;1-3-5-7-6-4-2;1-6(9)7-4-5-8(2)3/h4-7H,3H2,1-2H3;3-7H,1H2,2H3;4-5H2,1-3H3,(H,7,9)/b;6-4-,7-5-;. The normalized spacial score (nSPS) is 9.96. The number of nitrogens with one attached hydrogen (secondary N) is 1. The summed E-state index contributed by atoms with van der Waals surface area (Å²) < 4.78 is 4.84. The van der Waals surface area contributed by atoms with E-state index in [2.05, 4.69) is 11.9 Å². The number of rotatable bonds is 7. The van der Waals surface area contributed by atoms with Gasteiger partial charge in [0.1, 0.15) is 0 Å². The number of esters is 1. The van der Waals surface area contributed by atoms with Gasteiger partial charge in [0.25, 0.3) is 0 Å². The maximum absolute atomic E-state index is 11.2. The van der Waals surface area contributed by atoms with Crippen molar-refractivity contribution in [2.45, 2.75) is 27.7 Å². The summed E-state index contributed by atoms with van der Waals surface area (Å²) in [6, 6.07) is 7.37. The zero-order chi connectivity index (χ0) is 21.8. The van der Waals surface area contributed by atoms with Crippen LogP contribution in [-0.2, 0) is 9.53 Å². The van der Waals surface area contributed by atoms with Crippen LogP contribution in [0.25, 0.3) is 0 Å². The molecule has 0 aliphatic heterocycles. The van der Waals surface area contributed by atoms with E-state index in [9.17, 15) is 9.59 Å². The number of aryl methyl sites for hydroxylation is 1. The van der Waals surface area contributed by atoms with Crippen LogP contribution < -0.4 is 5.32 Å². The van der Waals surface area contributed by atoms with Gasteiger partial charge in [0.2, 0.25) is 5.91 Å². The van der Waals surface area contributed by atoms with Gasteiger partial charge in [-0.2, -0.15) is 0 Å². The van der Waals surface area contributed by atoms with Crippen molar-refractivity contribution in [3.63, 3.8) is 0 Å². The second-order valence-corrected chi connectivity index (χ2v) is 6.02. The number of hydrogen-bond acceptors (Lipinski definition) is 4. The summed E-state index contributed by atoms with van der Waals surface area (Å²) in [6.45, 7) is 12.8. The van der Waals surface area contributed by atoms with E-state index < -0.39 is 0 Å². The molecular weight excluding hydrogens is 352 g/mol. The predicted molar refractivity (Wildman–Crippen MR) is 119 cm³/mol. The lowest BCUT2D eigenvalue weighted by Gasteiger charge is -2.08. The molecule has 0 aliphatic carbocycles. The smallest absolute Gasteiger partial charge is 0.338 e. The van der Waals surface area contributed by atoms with E-state index in [4.69, 9.17) is 4.74 Å². The Hall–Kier alpha value is -2.66. The minimum Gasteiger partial charge on any atom is -0.462 e. The van der Waals surface area contributed by atoms with Gasteiger partial charge in [0, 0.05) is 20.0 Å². The molecule has 1 amide bonds. The molecule has 1 aromatic rings. The van der Waals surface area contributed by atoms with Crippen molar-refractivity contribution in [3.05, 3.63) is 72.4 Å². The van der Waals surface area contributed by atoms with Crippen LogP contribution in [0.4, 0.5) is 0 Å². The summed E-state index contributed by atoms with van der Waals surface area (Å²) in [4.78, 5) is 23.5. The number of benzene rings is 1. The Morgan fingerprint density at radius 1 is 1.21 bits per heavy atom. The second-order valence-electron chi connectivity index (χ2n) is 6.02. The number of hydrogen-bond donors (Lipinski definition) is 1. The minimum absolute atomic E-state index is 0.0388. The zero-order valence-corrected chi connectivity index (χ0v) is 18.2. The van der Waals surface area contributed by atoms with Gasteiger partial charge in [0.05, 0.1) is 12.2 Å². The first-order valence-corrected chi connectivity index (χ1v) is 9.31. The lowest BCUT2D eigenvalue weighted by Crippen LogP contribution is -2.29. The monoisotopic (exact) mass is 388 g/mol. The average Bonchev–Trinajstić information content (AvgIpc) is 2.63. The molecule has 1 rings (SSSR count). The molecule has 0 atom stereocenters. The van der Waals surface area contributed by atoms with E-state index >= 15 is 0 Å². The average molecular weight is 389 g/mol. The molecule has 0 heterocycles. The van der Waals surface area contributed by atoms with Gasteiger partial charge in [-0.05, 0) is 47.0 Å². The molecule has 0 saturated carbocycles. The SMILES string of the molecule is C=C/C=C\C=C/C.CC(=O)NCCN(C)C.CCOC(=O)c1cccc(C)c1. The third-order valence-corrected chi connectivity index (χ3v) is 3.01. The topological polar surface area (TPSA) is 58.6 Å². The van der Waals surface area contributed by atoms with Crippen LogP contribution in [0.5, 0.6) is 0 Å². The van der Waals surface area contributed by atoms with E-state index in [-0.39, 0.29) is 11.9 Å². The Labute approximate surface area is 170 Å². The molecule has 1 N–H and O–H groups in total. The third-order valence-electron chi connectivity index (χ3n) is 3.01. The summed E-state index contributed by atoms with van der Waals surface area (Å²) >= 11 is 0. The number of carbonyl (C=O) groups is 2. The highest BCUT2D eigenvalue weighted by Crippen LogP contribution is 2.05.